The van der Waals surface area contributed by atoms with E-state index in [1.54, 1.807) is 11.0 Å². The Bertz CT molecular complexity index is 862. The molecule has 27 heavy (non-hydrogen) atoms. The average molecular weight is 369 g/mol. The van der Waals surface area contributed by atoms with E-state index in [9.17, 15) is 14.7 Å². The predicted octanol–water partition coefficient (Wildman–Crippen LogP) is 1.60. The number of benzene rings is 1. The van der Waals surface area contributed by atoms with Crippen LogP contribution in [0.2, 0.25) is 0 Å². The summed E-state index contributed by atoms with van der Waals surface area (Å²) in [6.45, 7) is 2.78. The fraction of sp³-hybridized carbons (Fsp3) is 0.429. The Hall–Kier alpha value is -2.44. The molecule has 1 amide bonds. The van der Waals surface area contributed by atoms with E-state index in [-0.39, 0.29) is 17.5 Å². The number of hydrogen-bond acceptors (Lipinski definition) is 4. The molecule has 144 valence electrons. The first-order valence-electron chi connectivity index (χ1n) is 9.32. The van der Waals surface area contributed by atoms with E-state index in [1.807, 2.05) is 56.3 Å². The van der Waals surface area contributed by atoms with Gasteiger partial charge in [0.15, 0.2) is 0 Å². The highest BCUT2D eigenvalue weighted by atomic mass is 16.3. The van der Waals surface area contributed by atoms with Gasteiger partial charge in [-0.25, -0.2) is 0 Å². The van der Waals surface area contributed by atoms with Gasteiger partial charge in [0.2, 0.25) is 5.56 Å². The molecule has 0 saturated carbocycles. The minimum atomic E-state index is -1.01. The highest BCUT2D eigenvalue weighted by Gasteiger charge is 2.45. The standard InChI is InChI=1S/C21H27N3O3/c1-4-17-16(10-11-19(25)22-17)20(26)24-13-12-21(27,18(14-24)23(2)3)15-8-6-5-7-9-15/h5-11,18,27H,4,12-14H2,1-3H3,(H,22,25)/t18-,21+/m1/s1. The van der Waals surface area contributed by atoms with Crippen molar-refractivity contribution in [2.24, 2.45) is 0 Å². The van der Waals surface area contributed by atoms with Crippen molar-refractivity contribution in [1.82, 2.24) is 14.8 Å². The molecule has 0 radical (unpaired) electrons. The molecule has 1 aliphatic rings. The molecule has 2 atom stereocenters. The topological polar surface area (TPSA) is 76.6 Å². The lowest BCUT2D eigenvalue weighted by atomic mass is 9.79. The number of amides is 1. The fourth-order valence-corrected chi connectivity index (χ4v) is 3.93. The Kier molecular flexibility index (Phi) is 5.48. The summed E-state index contributed by atoms with van der Waals surface area (Å²) in [5.41, 5.74) is 0.832. The van der Waals surface area contributed by atoms with Crippen LogP contribution in [0.5, 0.6) is 0 Å². The fourth-order valence-electron chi connectivity index (χ4n) is 3.93. The Morgan fingerprint density at radius 2 is 1.96 bits per heavy atom. The molecule has 2 heterocycles. The maximum absolute atomic E-state index is 13.1. The third-order valence-corrected chi connectivity index (χ3v) is 5.48. The Labute approximate surface area is 159 Å². The first-order chi connectivity index (χ1) is 12.9. The molecular weight excluding hydrogens is 342 g/mol. The maximum atomic E-state index is 13.1. The van der Waals surface area contributed by atoms with E-state index < -0.39 is 5.60 Å². The van der Waals surface area contributed by atoms with Gasteiger partial charge in [0.25, 0.3) is 5.91 Å². The third-order valence-electron chi connectivity index (χ3n) is 5.48. The van der Waals surface area contributed by atoms with E-state index in [0.717, 1.165) is 5.56 Å². The minimum absolute atomic E-state index is 0.106. The van der Waals surface area contributed by atoms with Gasteiger partial charge in [-0.05, 0) is 38.6 Å². The number of aromatic nitrogens is 1. The van der Waals surface area contributed by atoms with Gasteiger partial charge in [-0.1, -0.05) is 37.3 Å². The zero-order valence-corrected chi connectivity index (χ0v) is 16.1. The molecule has 0 spiro atoms. The number of likely N-dealkylation sites (tertiary alicyclic amines) is 1. The van der Waals surface area contributed by atoms with Gasteiger partial charge in [-0.2, -0.15) is 0 Å². The summed E-state index contributed by atoms with van der Waals surface area (Å²) in [4.78, 5) is 31.2. The number of carbonyl (C=O) groups is 1. The lowest BCUT2D eigenvalue weighted by molar-refractivity contribution is -0.0810. The van der Waals surface area contributed by atoms with E-state index in [0.29, 0.717) is 37.2 Å². The Morgan fingerprint density at radius 3 is 2.59 bits per heavy atom. The van der Waals surface area contributed by atoms with Crippen molar-refractivity contribution in [2.75, 3.05) is 27.2 Å². The Morgan fingerprint density at radius 1 is 1.26 bits per heavy atom. The molecule has 2 N–H and O–H groups in total. The molecule has 1 aliphatic heterocycles. The van der Waals surface area contributed by atoms with Crippen molar-refractivity contribution >= 4 is 5.91 Å². The van der Waals surface area contributed by atoms with Crippen molar-refractivity contribution in [1.29, 1.82) is 0 Å². The first-order valence-corrected chi connectivity index (χ1v) is 9.32. The van der Waals surface area contributed by atoms with E-state index in [2.05, 4.69) is 4.98 Å². The number of pyridine rings is 1. The van der Waals surface area contributed by atoms with Gasteiger partial charge in [-0.3, -0.25) is 9.59 Å². The number of nitrogens with one attached hydrogen (secondary N) is 1. The molecule has 6 nitrogen and oxygen atoms in total. The number of aliphatic hydroxyl groups is 1. The van der Waals surface area contributed by atoms with Crippen LogP contribution in [0.25, 0.3) is 0 Å². The second kappa shape index (κ2) is 7.66. The van der Waals surface area contributed by atoms with Crippen LogP contribution in [0.4, 0.5) is 0 Å². The van der Waals surface area contributed by atoms with Crippen molar-refractivity contribution in [2.45, 2.75) is 31.4 Å². The van der Waals surface area contributed by atoms with Gasteiger partial charge in [0, 0.05) is 24.8 Å². The Balaban J connectivity index is 1.89. The summed E-state index contributed by atoms with van der Waals surface area (Å²) in [5.74, 6) is -0.106. The summed E-state index contributed by atoms with van der Waals surface area (Å²) in [5, 5.41) is 11.5. The van der Waals surface area contributed by atoms with Crippen LogP contribution in [0.15, 0.2) is 47.3 Å². The van der Waals surface area contributed by atoms with Crippen LogP contribution in [-0.2, 0) is 12.0 Å². The zero-order valence-electron chi connectivity index (χ0n) is 16.1. The number of piperidine rings is 1. The van der Waals surface area contributed by atoms with Gasteiger partial charge < -0.3 is 19.9 Å². The normalized spacial score (nSPS) is 22.9. The van der Waals surface area contributed by atoms with Crippen LogP contribution in [0, 0.1) is 0 Å². The number of aromatic amines is 1. The number of hydrogen-bond donors (Lipinski definition) is 2. The number of aryl methyl sites for hydroxylation is 1. The molecule has 1 saturated heterocycles. The van der Waals surface area contributed by atoms with E-state index in [1.165, 1.54) is 6.07 Å². The summed E-state index contributed by atoms with van der Waals surface area (Å²) >= 11 is 0. The molecule has 1 aromatic heterocycles. The van der Waals surface area contributed by atoms with Crippen LogP contribution in [0.1, 0.15) is 35.0 Å². The number of nitrogens with zero attached hydrogens (tertiary/aromatic N) is 2. The predicted molar refractivity (Wildman–Crippen MR) is 105 cm³/mol. The number of likely N-dealkylation sites (N-methyl/N-ethyl adjacent to an activating group) is 1. The van der Waals surface area contributed by atoms with Gasteiger partial charge in [0.1, 0.15) is 5.60 Å². The van der Waals surface area contributed by atoms with Crippen molar-refractivity contribution in [3.8, 4) is 0 Å². The molecule has 1 aromatic carbocycles. The van der Waals surface area contributed by atoms with Gasteiger partial charge >= 0.3 is 0 Å². The van der Waals surface area contributed by atoms with Gasteiger partial charge in [-0.15, -0.1) is 0 Å². The van der Waals surface area contributed by atoms with Crippen molar-refractivity contribution in [3.05, 3.63) is 69.6 Å². The molecule has 0 unspecified atom stereocenters. The molecule has 0 bridgehead atoms. The van der Waals surface area contributed by atoms with E-state index in [4.69, 9.17) is 0 Å². The lowest BCUT2D eigenvalue weighted by Gasteiger charge is -2.47. The number of rotatable bonds is 4. The van der Waals surface area contributed by atoms with Crippen LogP contribution >= 0.6 is 0 Å². The van der Waals surface area contributed by atoms with Crippen LogP contribution < -0.4 is 5.56 Å². The molecule has 6 heteroatoms. The van der Waals surface area contributed by atoms with Crippen molar-refractivity contribution < 1.29 is 9.90 Å². The monoisotopic (exact) mass is 369 g/mol. The smallest absolute Gasteiger partial charge is 0.255 e. The van der Waals surface area contributed by atoms with Gasteiger partial charge in [0.05, 0.1) is 11.6 Å². The minimum Gasteiger partial charge on any atom is -0.383 e. The molecule has 3 rings (SSSR count). The summed E-state index contributed by atoms with van der Waals surface area (Å²) in [6, 6.07) is 12.4. The largest absolute Gasteiger partial charge is 0.383 e. The van der Waals surface area contributed by atoms with Crippen molar-refractivity contribution in [3.63, 3.8) is 0 Å². The highest BCUT2D eigenvalue weighted by molar-refractivity contribution is 5.95. The second-order valence-electron chi connectivity index (χ2n) is 7.34. The number of carbonyl (C=O) groups excluding carboxylic acids is 1. The molecule has 0 aliphatic carbocycles. The first kappa shape index (κ1) is 19.3. The quantitative estimate of drug-likeness (QED) is 0.858. The maximum Gasteiger partial charge on any atom is 0.255 e. The highest BCUT2D eigenvalue weighted by Crippen LogP contribution is 2.35. The summed E-state index contributed by atoms with van der Waals surface area (Å²) in [6.07, 6.45) is 1.03. The third kappa shape index (κ3) is 3.68. The van der Waals surface area contributed by atoms with E-state index >= 15 is 0 Å². The zero-order chi connectivity index (χ0) is 19.6. The van der Waals surface area contributed by atoms with Crippen LogP contribution in [-0.4, -0.2) is 59.0 Å². The molecular formula is C21H27N3O3. The van der Waals surface area contributed by atoms with Crippen LogP contribution in [0.3, 0.4) is 0 Å². The summed E-state index contributed by atoms with van der Waals surface area (Å²) in [7, 11) is 3.84. The molecule has 1 fully saturated rings. The average Bonchev–Trinajstić information content (AvgIpc) is 2.68. The molecule has 2 aromatic rings. The second-order valence-corrected chi connectivity index (χ2v) is 7.34. The number of H-pyrrole nitrogens is 1. The summed E-state index contributed by atoms with van der Waals surface area (Å²) < 4.78 is 0. The lowest BCUT2D eigenvalue weighted by Crippen LogP contribution is -2.60. The SMILES string of the molecule is CCc1[nH]c(=O)ccc1C(=O)N1CC[C@](O)(c2ccccc2)[C@H](N(C)C)C1.